The summed E-state index contributed by atoms with van der Waals surface area (Å²) >= 11 is 4.95. The summed E-state index contributed by atoms with van der Waals surface area (Å²) in [7, 11) is 0. The number of hydrogen-bond donors (Lipinski definition) is 2. The summed E-state index contributed by atoms with van der Waals surface area (Å²) < 4.78 is 6.20. The maximum Gasteiger partial charge on any atom is 0.407 e. The van der Waals surface area contributed by atoms with Crippen molar-refractivity contribution in [3.05, 3.63) is 20.8 Å². The van der Waals surface area contributed by atoms with Crippen LogP contribution in [0.1, 0.15) is 38.5 Å². The molecule has 0 fully saturated rings. The lowest BCUT2D eigenvalue weighted by Gasteiger charge is -2.23. The molecule has 2 N–H and O–H groups in total. The maximum atomic E-state index is 11.8. The molecule has 1 aromatic heterocycles. The van der Waals surface area contributed by atoms with Gasteiger partial charge in [-0.3, -0.25) is 4.79 Å². The normalized spacial score (nSPS) is 12.8. The molecule has 0 aliphatic carbocycles. The number of aliphatic carboxylic acids is 1. The second kappa shape index (κ2) is 7.79. The molecular formula is C14H20BrNO4S. The van der Waals surface area contributed by atoms with Gasteiger partial charge in [-0.05, 0) is 49.2 Å². The highest BCUT2D eigenvalue weighted by molar-refractivity contribution is 9.10. The summed E-state index contributed by atoms with van der Waals surface area (Å²) in [4.78, 5) is 23.6. The van der Waals surface area contributed by atoms with Crippen molar-refractivity contribution in [3.8, 4) is 0 Å². The molecule has 1 unspecified atom stereocenters. The molecule has 1 heterocycles. The van der Waals surface area contributed by atoms with E-state index in [0.29, 0.717) is 12.8 Å². The average molecular weight is 378 g/mol. The zero-order chi connectivity index (χ0) is 16.0. The second-order valence-electron chi connectivity index (χ2n) is 5.71. The van der Waals surface area contributed by atoms with E-state index in [1.807, 2.05) is 11.4 Å². The molecule has 21 heavy (non-hydrogen) atoms. The van der Waals surface area contributed by atoms with E-state index in [0.717, 1.165) is 9.35 Å². The minimum absolute atomic E-state index is 0.00695. The number of carbonyl (C=O) groups is 2. The first-order valence-corrected chi connectivity index (χ1v) is 8.27. The summed E-state index contributed by atoms with van der Waals surface area (Å²) in [6.45, 7) is 5.36. The first kappa shape index (κ1) is 18.0. The highest BCUT2D eigenvalue weighted by Crippen LogP contribution is 2.22. The molecule has 0 bridgehead atoms. The molecule has 118 valence electrons. The first-order chi connectivity index (χ1) is 9.65. The Balaban J connectivity index is 2.63. The van der Waals surface area contributed by atoms with Gasteiger partial charge in [-0.1, -0.05) is 0 Å². The summed E-state index contributed by atoms with van der Waals surface area (Å²) in [5.41, 5.74) is -0.576. The lowest BCUT2D eigenvalue weighted by molar-refractivity contribution is -0.137. The van der Waals surface area contributed by atoms with E-state index < -0.39 is 17.7 Å². The van der Waals surface area contributed by atoms with Crippen LogP contribution in [0.3, 0.4) is 0 Å². The Morgan fingerprint density at radius 2 is 2.14 bits per heavy atom. The van der Waals surface area contributed by atoms with Gasteiger partial charge in [-0.15, -0.1) is 11.3 Å². The van der Waals surface area contributed by atoms with Crippen LogP contribution in [-0.2, 0) is 16.0 Å². The molecular weight excluding hydrogens is 358 g/mol. The molecule has 0 spiro atoms. The van der Waals surface area contributed by atoms with Crippen molar-refractivity contribution in [1.82, 2.24) is 5.32 Å². The fourth-order valence-electron chi connectivity index (χ4n) is 1.70. The quantitative estimate of drug-likeness (QED) is 0.789. The van der Waals surface area contributed by atoms with Crippen LogP contribution in [0.15, 0.2) is 15.9 Å². The number of carbonyl (C=O) groups excluding carboxylic acids is 1. The molecule has 5 nitrogen and oxygen atoms in total. The van der Waals surface area contributed by atoms with E-state index in [2.05, 4.69) is 21.2 Å². The van der Waals surface area contributed by atoms with Crippen LogP contribution in [0.4, 0.5) is 4.79 Å². The lowest BCUT2D eigenvalue weighted by Crippen LogP contribution is -2.40. The Bertz CT molecular complexity index is 495. The Hall–Kier alpha value is -1.08. The lowest BCUT2D eigenvalue weighted by atomic mass is 10.1. The van der Waals surface area contributed by atoms with Crippen molar-refractivity contribution in [2.75, 3.05) is 0 Å². The van der Waals surface area contributed by atoms with Gasteiger partial charge in [0.2, 0.25) is 0 Å². The molecule has 0 saturated carbocycles. The standard InChI is InChI=1S/C14H20BrNO4S/c1-14(2,3)20-13(19)16-10(4-5-12(17)18)7-11-6-9(15)8-21-11/h6,8,10H,4-5,7H2,1-3H3,(H,16,19)(H,17,18). The third-order valence-corrected chi connectivity index (χ3v) is 4.22. The summed E-state index contributed by atoms with van der Waals surface area (Å²) in [5, 5.41) is 13.5. The monoisotopic (exact) mass is 377 g/mol. The number of carboxylic acids is 1. The molecule has 1 aromatic rings. The highest BCUT2D eigenvalue weighted by Gasteiger charge is 2.20. The minimum atomic E-state index is -0.877. The molecule has 0 saturated heterocycles. The Morgan fingerprint density at radius 1 is 1.48 bits per heavy atom. The number of hydrogen-bond acceptors (Lipinski definition) is 4. The summed E-state index contributed by atoms with van der Waals surface area (Å²) in [5.74, 6) is -0.877. The van der Waals surface area contributed by atoms with E-state index >= 15 is 0 Å². The van der Waals surface area contributed by atoms with Gasteiger partial charge in [0.25, 0.3) is 0 Å². The van der Waals surface area contributed by atoms with E-state index in [1.54, 1.807) is 32.1 Å². The maximum absolute atomic E-state index is 11.8. The van der Waals surface area contributed by atoms with Gasteiger partial charge >= 0.3 is 12.1 Å². The number of ether oxygens (including phenoxy) is 1. The molecule has 1 rings (SSSR count). The van der Waals surface area contributed by atoms with Crippen molar-refractivity contribution in [2.45, 2.75) is 51.7 Å². The Kier molecular flexibility index (Phi) is 6.67. The van der Waals surface area contributed by atoms with Crippen molar-refractivity contribution < 1.29 is 19.4 Å². The molecule has 1 atom stereocenters. The van der Waals surface area contributed by atoms with Crippen LogP contribution in [0.5, 0.6) is 0 Å². The van der Waals surface area contributed by atoms with Crippen LogP contribution in [0.2, 0.25) is 0 Å². The predicted octanol–water partition coefficient (Wildman–Crippen LogP) is 3.81. The highest BCUT2D eigenvalue weighted by atomic mass is 79.9. The van der Waals surface area contributed by atoms with Crippen LogP contribution < -0.4 is 5.32 Å². The fourth-order valence-corrected chi connectivity index (χ4v) is 3.23. The molecule has 7 heteroatoms. The number of halogens is 1. The molecule has 0 radical (unpaired) electrons. The largest absolute Gasteiger partial charge is 0.481 e. The minimum Gasteiger partial charge on any atom is -0.481 e. The number of carboxylic acid groups (broad SMARTS) is 1. The Morgan fingerprint density at radius 3 is 2.62 bits per heavy atom. The van der Waals surface area contributed by atoms with Crippen molar-refractivity contribution in [3.63, 3.8) is 0 Å². The molecule has 0 aliphatic rings. The Labute approximate surface area is 136 Å². The third-order valence-electron chi connectivity index (χ3n) is 2.50. The van der Waals surface area contributed by atoms with Gasteiger partial charge in [0.05, 0.1) is 0 Å². The van der Waals surface area contributed by atoms with Gasteiger partial charge < -0.3 is 15.2 Å². The van der Waals surface area contributed by atoms with Crippen molar-refractivity contribution in [2.24, 2.45) is 0 Å². The number of alkyl carbamates (subject to hydrolysis) is 1. The van der Waals surface area contributed by atoms with Gasteiger partial charge in [0, 0.05) is 33.6 Å². The third kappa shape index (κ3) is 8.06. The van der Waals surface area contributed by atoms with Crippen LogP contribution in [-0.4, -0.2) is 28.8 Å². The van der Waals surface area contributed by atoms with E-state index in [-0.39, 0.29) is 12.5 Å². The van der Waals surface area contributed by atoms with E-state index in [1.165, 1.54) is 0 Å². The second-order valence-corrected chi connectivity index (χ2v) is 7.62. The fraction of sp³-hybridized carbons (Fsp3) is 0.571. The topological polar surface area (TPSA) is 75.6 Å². The zero-order valence-electron chi connectivity index (χ0n) is 12.3. The van der Waals surface area contributed by atoms with Crippen LogP contribution >= 0.6 is 27.3 Å². The number of rotatable bonds is 6. The van der Waals surface area contributed by atoms with E-state index in [4.69, 9.17) is 9.84 Å². The van der Waals surface area contributed by atoms with Gasteiger partial charge in [0.1, 0.15) is 5.60 Å². The van der Waals surface area contributed by atoms with Crippen molar-refractivity contribution >= 4 is 39.3 Å². The number of nitrogens with one attached hydrogen (secondary N) is 1. The number of thiophene rings is 1. The van der Waals surface area contributed by atoms with Gasteiger partial charge in [-0.25, -0.2) is 4.79 Å². The average Bonchev–Trinajstić information content (AvgIpc) is 2.69. The number of amides is 1. The van der Waals surface area contributed by atoms with Crippen molar-refractivity contribution in [1.29, 1.82) is 0 Å². The zero-order valence-corrected chi connectivity index (χ0v) is 14.7. The van der Waals surface area contributed by atoms with E-state index in [9.17, 15) is 9.59 Å². The molecule has 1 amide bonds. The summed E-state index contributed by atoms with van der Waals surface area (Å²) in [6.07, 6.45) is 0.438. The summed E-state index contributed by atoms with van der Waals surface area (Å²) in [6, 6.07) is 1.70. The van der Waals surface area contributed by atoms with Gasteiger partial charge in [0.15, 0.2) is 0 Å². The SMILES string of the molecule is CC(C)(C)OC(=O)NC(CCC(=O)O)Cc1cc(Br)cs1. The van der Waals surface area contributed by atoms with Crippen LogP contribution in [0, 0.1) is 0 Å². The van der Waals surface area contributed by atoms with Gasteiger partial charge in [-0.2, -0.15) is 0 Å². The van der Waals surface area contributed by atoms with Crippen LogP contribution in [0.25, 0.3) is 0 Å². The predicted molar refractivity (Wildman–Crippen MR) is 85.8 cm³/mol. The molecule has 0 aromatic carbocycles. The first-order valence-electron chi connectivity index (χ1n) is 6.60. The smallest absolute Gasteiger partial charge is 0.407 e. The molecule has 0 aliphatic heterocycles.